The van der Waals surface area contributed by atoms with E-state index in [2.05, 4.69) is 6.92 Å². The number of carbonyl (C=O) groups excluding carboxylic acids is 1. The third-order valence-electron chi connectivity index (χ3n) is 4.65. The number of hydrogen-bond acceptors (Lipinski definition) is 4. The van der Waals surface area contributed by atoms with Crippen molar-refractivity contribution >= 4 is 5.97 Å². The first kappa shape index (κ1) is 16.1. The molecule has 0 amide bonds. The summed E-state index contributed by atoms with van der Waals surface area (Å²) in [5, 5.41) is 0. The minimum absolute atomic E-state index is 0.105. The Balaban J connectivity index is 1.47. The van der Waals surface area contributed by atoms with E-state index in [4.69, 9.17) is 14.2 Å². The highest BCUT2D eigenvalue weighted by Gasteiger charge is 2.31. The van der Waals surface area contributed by atoms with E-state index in [9.17, 15) is 4.79 Å². The van der Waals surface area contributed by atoms with Crippen LogP contribution in [0.3, 0.4) is 0 Å². The topological polar surface area (TPSA) is 49.2 Å². The largest absolute Gasteiger partial charge is 0.485 e. The maximum Gasteiger partial charge on any atom is 0.351 e. The molecule has 0 bridgehead atoms. The molecule has 1 N–H and O–H groups in total. The van der Waals surface area contributed by atoms with Crippen LogP contribution in [-0.2, 0) is 9.53 Å². The number of piperidine rings is 1. The number of ether oxygens (including phenoxy) is 3. The van der Waals surface area contributed by atoms with E-state index in [0.717, 1.165) is 12.5 Å². The van der Waals surface area contributed by atoms with Crippen LogP contribution in [0.25, 0.3) is 0 Å². The Morgan fingerprint density at radius 2 is 2.00 bits per heavy atom. The second-order valence-corrected chi connectivity index (χ2v) is 6.75. The van der Waals surface area contributed by atoms with E-state index in [0.29, 0.717) is 11.5 Å². The lowest BCUT2D eigenvalue weighted by Crippen LogP contribution is -3.14. The second-order valence-electron chi connectivity index (χ2n) is 6.75. The van der Waals surface area contributed by atoms with Gasteiger partial charge in [0.1, 0.15) is 19.3 Å². The lowest BCUT2D eigenvalue weighted by Gasteiger charge is -2.30. The average molecular weight is 320 g/mol. The molecule has 1 aromatic carbocycles. The van der Waals surface area contributed by atoms with Crippen LogP contribution in [-0.4, -0.2) is 44.4 Å². The second kappa shape index (κ2) is 7.21. The van der Waals surface area contributed by atoms with E-state index in [1.807, 2.05) is 25.1 Å². The molecule has 0 unspecified atom stereocenters. The van der Waals surface area contributed by atoms with Crippen molar-refractivity contribution in [1.29, 1.82) is 0 Å². The fourth-order valence-electron chi connectivity index (χ4n) is 3.23. The Morgan fingerprint density at radius 3 is 2.74 bits per heavy atom. The van der Waals surface area contributed by atoms with Crippen molar-refractivity contribution in [2.45, 2.75) is 38.9 Å². The van der Waals surface area contributed by atoms with Crippen LogP contribution in [0.1, 0.15) is 26.7 Å². The van der Waals surface area contributed by atoms with Crippen LogP contribution in [0.2, 0.25) is 0 Å². The smallest absolute Gasteiger partial charge is 0.351 e. The number of fused-ring (bicyclic) bond motifs is 1. The average Bonchev–Trinajstić information content (AvgIpc) is 2.56. The summed E-state index contributed by atoms with van der Waals surface area (Å²) in [6.45, 7) is 7.66. The third-order valence-corrected chi connectivity index (χ3v) is 4.65. The Labute approximate surface area is 137 Å². The van der Waals surface area contributed by atoms with E-state index in [-0.39, 0.29) is 18.7 Å². The van der Waals surface area contributed by atoms with Crippen molar-refractivity contribution in [3.05, 3.63) is 24.3 Å². The van der Waals surface area contributed by atoms with Crippen LogP contribution < -0.4 is 14.4 Å². The van der Waals surface area contributed by atoms with Gasteiger partial charge in [-0.2, -0.15) is 0 Å². The molecule has 3 rings (SSSR count). The van der Waals surface area contributed by atoms with Crippen LogP contribution in [0.5, 0.6) is 11.5 Å². The van der Waals surface area contributed by atoms with E-state index in [1.54, 1.807) is 6.07 Å². The first-order chi connectivity index (χ1) is 11.1. The highest BCUT2D eigenvalue weighted by atomic mass is 16.6. The molecule has 2 heterocycles. The van der Waals surface area contributed by atoms with E-state index in [1.165, 1.54) is 30.8 Å². The summed E-state index contributed by atoms with van der Waals surface area (Å²) in [4.78, 5) is 13.8. The number of benzene rings is 1. The Morgan fingerprint density at radius 1 is 1.30 bits per heavy atom. The molecule has 0 aliphatic carbocycles. The predicted molar refractivity (Wildman–Crippen MR) is 85.9 cm³/mol. The zero-order valence-corrected chi connectivity index (χ0v) is 13.9. The molecule has 23 heavy (non-hydrogen) atoms. The highest BCUT2D eigenvalue weighted by Crippen LogP contribution is 2.31. The minimum Gasteiger partial charge on any atom is -0.485 e. The summed E-state index contributed by atoms with van der Waals surface area (Å²) in [6.07, 6.45) is 1.73. The van der Waals surface area contributed by atoms with Gasteiger partial charge in [0.05, 0.1) is 13.1 Å². The first-order valence-corrected chi connectivity index (χ1v) is 8.54. The normalized spacial score (nSPS) is 28.0. The van der Waals surface area contributed by atoms with Crippen molar-refractivity contribution in [2.24, 2.45) is 5.92 Å². The minimum atomic E-state index is -0.677. The quantitative estimate of drug-likeness (QED) is 0.843. The van der Waals surface area contributed by atoms with Crippen LogP contribution in [0, 0.1) is 5.92 Å². The molecule has 0 radical (unpaired) electrons. The molecule has 5 nitrogen and oxygen atoms in total. The molecule has 0 spiro atoms. The van der Waals surface area contributed by atoms with Gasteiger partial charge in [-0.1, -0.05) is 19.1 Å². The maximum absolute atomic E-state index is 12.3. The van der Waals surface area contributed by atoms with Gasteiger partial charge in [0, 0.05) is 0 Å². The van der Waals surface area contributed by atoms with Gasteiger partial charge in [0.15, 0.2) is 11.5 Å². The zero-order valence-electron chi connectivity index (χ0n) is 13.9. The number of hydrogen-bond donors (Lipinski definition) is 1. The Bertz CT molecular complexity index is 540. The van der Waals surface area contributed by atoms with Gasteiger partial charge < -0.3 is 19.1 Å². The number of likely N-dealkylation sites (tertiary alicyclic amines) is 1. The van der Waals surface area contributed by atoms with Gasteiger partial charge in [0.2, 0.25) is 6.10 Å². The molecule has 2 aliphatic heterocycles. The standard InChI is InChI=1S/C18H25NO4/c1-13-7-9-19(10-8-13)11-14(2)22-18(20)17-12-21-15-5-3-4-6-16(15)23-17/h3-6,13-14,17H,7-12H2,1-2H3/p+1/t14-,17-/m0/s1. The van der Waals surface area contributed by atoms with Crippen molar-refractivity contribution < 1.29 is 23.9 Å². The summed E-state index contributed by atoms with van der Waals surface area (Å²) in [6, 6.07) is 7.38. The molecule has 1 saturated heterocycles. The number of nitrogens with one attached hydrogen (secondary N) is 1. The third kappa shape index (κ3) is 4.16. The Kier molecular flexibility index (Phi) is 5.06. The molecule has 2 aliphatic rings. The van der Waals surface area contributed by atoms with Crippen molar-refractivity contribution in [1.82, 2.24) is 0 Å². The summed E-state index contributed by atoms with van der Waals surface area (Å²) in [5.41, 5.74) is 0. The van der Waals surface area contributed by atoms with Crippen molar-refractivity contribution in [3.8, 4) is 11.5 Å². The van der Waals surface area contributed by atoms with Gasteiger partial charge in [-0.05, 0) is 37.8 Å². The summed E-state index contributed by atoms with van der Waals surface area (Å²) < 4.78 is 16.8. The molecule has 5 heteroatoms. The van der Waals surface area contributed by atoms with Gasteiger partial charge in [-0.25, -0.2) is 4.79 Å². The summed E-state index contributed by atoms with van der Waals surface area (Å²) in [5.74, 6) is 1.77. The van der Waals surface area contributed by atoms with Crippen LogP contribution in [0.4, 0.5) is 0 Å². The van der Waals surface area contributed by atoms with Gasteiger partial charge >= 0.3 is 5.97 Å². The summed E-state index contributed by atoms with van der Waals surface area (Å²) in [7, 11) is 0. The number of quaternary nitrogens is 1. The van der Waals surface area contributed by atoms with Crippen LogP contribution >= 0.6 is 0 Å². The fraction of sp³-hybridized carbons (Fsp3) is 0.611. The van der Waals surface area contributed by atoms with Crippen molar-refractivity contribution in [3.63, 3.8) is 0 Å². The lowest BCUT2D eigenvalue weighted by molar-refractivity contribution is -0.908. The molecule has 0 aromatic heterocycles. The summed E-state index contributed by atoms with van der Waals surface area (Å²) >= 11 is 0. The number of esters is 1. The van der Waals surface area contributed by atoms with E-state index >= 15 is 0 Å². The SMILES string of the molecule is CC1CC[NH+](C[C@H](C)OC(=O)[C@@H]2COc3ccccc3O2)CC1. The van der Waals surface area contributed by atoms with Crippen LogP contribution in [0.15, 0.2) is 24.3 Å². The van der Waals surface area contributed by atoms with Gasteiger partial charge in [-0.15, -0.1) is 0 Å². The van der Waals surface area contributed by atoms with E-state index < -0.39 is 6.10 Å². The monoisotopic (exact) mass is 320 g/mol. The van der Waals surface area contributed by atoms with Gasteiger partial charge in [0.25, 0.3) is 0 Å². The molecule has 1 aromatic rings. The maximum atomic E-state index is 12.3. The number of carbonyl (C=O) groups is 1. The first-order valence-electron chi connectivity index (χ1n) is 8.54. The molecule has 0 saturated carbocycles. The molecule has 126 valence electrons. The highest BCUT2D eigenvalue weighted by molar-refractivity contribution is 5.76. The molecular weight excluding hydrogens is 294 g/mol. The molecule has 1 fully saturated rings. The molecular formula is C18H26NO4+. The fourth-order valence-corrected chi connectivity index (χ4v) is 3.23. The van der Waals surface area contributed by atoms with Crippen molar-refractivity contribution in [2.75, 3.05) is 26.2 Å². The van der Waals surface area contributed by atoms with Gasteiger partial charge in [-0.3, -0.25) is 0 Å². The predicted octanol–water partition coefficient (Wildman–Crippen LogP) is 1.07. The molecule has 2 atom stereocenters. The lowest BCUT2D eigenvalue weighted by atomic mass is 9.99. The number of rotatable bonds is 4. The number of para-hydroxylation sites is 2. The zero-order chi connectivity index (χ0) is 16.2. The Hall–Kier alpha value is -1.75.